The molecule has 4 aliphatic carbocycles. The molecular weight excluding hydrogens is 573 g/mol. The van der Waals surface area contributed by atoms with E-state index in [9.17, 15) is 9.59 Å². The van der Waals surface area contributed by atoms with Crippen LogP contribution in [0.1, 0.15) is 61.0 Å². The van der Waals surface area contributed by atoms with Gasteiger partial charge in [0.1, 0.15) is 5.57 Å². The van der Waals surface area contributed by atoms with Crippen LogP contribution in [0.3, 0.4) is 0 Å². The molecule has 8 rings (SSSR count). The lowest BCUT2D eigenvalue weighted by Crippen LogP contribution is -2.54. The fraction of sp³-hybridized carbons (Fsp3) is 0.364. The highest BCUT2D eigenvalue weighted by Crippen LogP contribution is 2.60. The summed E-state index contributed by atoms with van der Waals surface area (Å²) in [7, 11) is 0. The number of carbonyl (C=O) groups is 2. The van der Waals surface area contributed by atoms with Gasteiger partial charge in [-0.25, -0.2) is 0 Å². The number of nitrogens with one attached hydrogen (secondary N) is 1. The van der Waals surface area contributed by atoms with E-state index in [0.29, 0.717) is 21.1 Å². The zero-order valence-corrected chi connectivity index (χ0v) is 25.4. The second-order valence-corrected chi connectivity index (χ2v) is 13.7. The van der Waals surface area contributed by atoms with Crippen molar-refractivity contribution in [1.82, 2.24) is 9.88 Å². The maximum Gasteiger partial charge on any atom is 0.270 e. The normalized spacial score (nSPS) is 28.1. The van der Waals surface area contributed by atoms with E-state index in [2.05, 4.69) is 34.1 Å². The summed E-state index contributed by atoms with van der Waals surface area (Å²) in [6.07, 6.45) is 9.99. The van der Waals surface area contributed by atoms with Gasteiger partial charge < -0.3 is 4.57 Å². The van der Waals surface area contributed by atoms with Crippen molar-refractivity contribution in [3.63, 3.8) is 0 Å². The smallest absolute Gasteiger partial charge is 0.270 e. The van der Waals surface area contributed by atoms with Gasteiger partial charge in [-0.3, -0.25) is 19.8 Å². The summed E-state index contributed by atoms with van der Waals surface area (Å²) < 4.78 is 2.18. The minimum atomic E-state index is -0.527. The molecule has 41 heavy (non-hydrogen) atoms. The highest BCUT2D eigenvalue weighted by atomic mass is 35.5. The maximum atomic E-state index is 13.5. The van der Waals surface area contributed by atoms with Crippen LogP contribution in [0.4, 0.5) is 5.69 Å². The number of rotatable bonds is 4. The van der Waals surface area contributed by atoms with E-state index in [0.717, 1.165) is 40.4 Å². The van der Waals surface area contributed by atoms with Crippen LogP contribution in [0, 0.1) is 31.6 Å². The molecule has 0 unspecified atom stereocenters. The lowest BCUT2D eigenvalue weighted by Gasteiger charge is -2.57. The zero-order chi connectivity index (χ0) is 28.6. The minimum absolute atomic E-state index is 0.000115. The minimum Gasteiger partial charge on any atom is -0.318 e. The van der Waals surface area contributed by atoms with E-state index in [1.54, 1.807) is 24.3 Å². The molecule has 5 fully saturated rings. The number of anilines is 1. The van der Waals surface area contributed by atoms with E-state index in [-0.39, 0.29) is 10.7 Å². The lowest BCUT2D eigenvalue weighted by atomic mass is 9.48. The van der Waals surface area contributed by atoms with E-state index in [1.807, 2.05) is 19.9 Å². The number of nitrogens with zero attached hydrogens (tertiary/aromatic N) is 2. The molecule has 3 aromatic rings. The van der Waals surface area contributed by atoms with Crippen LogP contribution in [-0.4, -0.2) is 21.5 Å². The quantitative estimate of drug-likeness (QED) is 0.189. The monoisotopic (exact) mass is 603 g/mol. The largest absolute Gasteiger partial charge is 0.318 e. The van der Waals surface area contributed by atoms with Crippen molar-refractivity contribution in [2.24, 2.45) is 17.8 Å². The van der Waals surface area contributed by atoms with Crippen LogP contribution >= 0.6 is 35.4 Å². The number of aromatic nitrogens is 1. The first kappa shape index (κ1) is 26.9. The van der Waals surface area contributed by atoms with Crippen molar-refractivity contribution >= 4 is 64.1 Å². The fourth-order valence-electron chi connectivity index (χ4n) is 8.43. The van der Waals surface area contributed by atoms with Crippen LogP contribution in [0.2, 0.25) is 10.0 Å². The second kappa shape index (κ2) is 9.82. The molecule has 0 radical (unpaired) electrons. The van der Waals surface area contributed by atoms with Gasteiger partial charge in [0.15, 0.2) is 5.11 Å². The standard InChI is InChI=1S/C33H31Cl2N3O2S/c1-18-9-23(13-27-30(39)36-32(41)38(31(27)40)26-7-8-28(34)29(35)14-26)19(2)37(18)25-5-3-24(4-6-25)33-15-20-10-21(16-33)12-22(11-20)17-33/h3-9,13-14,20-22H,10-12,15-17H2,1-2H3,(H,36,39,41)/b27-13+. The highest BCUT2D eigenvalue weighted by molar-refractivity contribution is 7.80. The first-order valence-corrected chi connectivity index (χ1v) is 15.4. The Kier molecular flexibility index (Phi) is 6.45. The SMILES string of the molecule is Cc1cc(/C=C2\C(=O)NC(=S)N(c3ccc(Cl)c(Cl)c3)C2=O)c(C)n1-c1ccc(C23CC4CC(CC(C4)C2)C3)cc1. The van der Waals surface area contributed by atoms with Gasteiger partial charge in [-0.2, -0.15) is 0 Å². The van der Waals surface area contributed by atoms with Crippen molar-refractivity contribution in [1.29, 1.82) is 0 Å². The molecule has 0 atom stereocenters. The summed E-state index contributed by atoms with van der Waals surface area (Å²) >= 11 is 17.6. The molecular formula is C33H31Cl2N3O2S. The number of aryl methyl sites for hydroxylation is 1. The maximum absolute atomic E-state index is 13.5. The van der Waals surface area contributed by atoms with Crippen LogP contribution in [0.5, 0.6) is 0 Å². The number of hydrogen-bond donors (Lipinski definition) is 1. The van der Waals surface area contributed by atoms with Gasteiger partial charge in [0.05, 0.1) is 15.7 Å². The van der Waals surface area contributed by atoms with Crippen LogP contribution in [-0.2, 0) is 15.0 Å². The third-order valence-electron chi connectivity index (χ3n) is 9.81. The number of benzene rings is 2. The van der Waals surface area contributed by atoms with Gasteiger partial charge in [0.25, 0.3) is 11.8 Å². The molecule has 4 saturated carbocycles. The van der Waals surface area contributed by atoms with Crippen molar-refractivity contribution in [3.05, 3.63) is 86.7 Å². The van der Waals surface area contributed by atoms with Gasteiger partial charge in [0, 0.05) is 17.1 Å². The van der Waals surface area contributed by atoms with Crippen molar-refractivity contribution < 1.29 is 9.59 Å². The molecule has 1 aromatic heterocycles. The topological polar surface area (TPSA) is 54.3 Å². The third kappa shape index (κ3) is 4.46. The molecule has 2 amide bonds. The Hall–Kier alpha value is -2.93. The molecule has 2 heterocycles. The number of amides is 2. The molecule has 2 aromatic carbocycles. The Morgan fingerprint density at radius 1 is 0.878 bits per heavy atom. The Balaban J connectivity index is 1.19. The number of hydrogen-bond acceptors (Lipinski definition) is 3. The Bertz CT molecular complexity index is 1620. The third-order valence-corrected chi connectivity index (χ3v) is 10.8. The Labute approximate surface area is 255 Å². The van der Waals surface area contributed by atoms with E-state index >= 15 is 0 Å². The van der Waals surface area contributed by atoms with Crippen molar-refractivity contribution in [2.45, 2.75) is 57.8 Å². The zero-order valence-electron chi connectivity index (χ0n) is 23.0. The lowest BCUT2D eigenvalue weighted by molar-refractivity contribution is -0.122. The molecule has 1 saturated heterocycles. The summed E-state index contributed by atoms with van der Waals surface area (Å²) in [5, 5.41) is 3.30. The van der Waals surface area contributed by atoms with Gasteiger partial charge in [0.2, 0.25) is 0 Å². The molecule has 210 valence electrons. The molecule has 4 bridgehead atoms. The van der Waals surface area contributed by atoms with E-state index < -0.39 is 11.8 Å². The molecule has 5 nitrogen and oxygen atoms in total. The van der Waals surface area contributed by atoms with E-state index in [4.69, 9.17) is 35.4 Å². The number of thiocarbonyl (C=S) groups is 1. The second-order valence-electron chi connectivity index (χ2n) is 12.5. The van der Waals surface area contributed by atoms with Crippen molar-refractivity contribution in [3.8, 4) is 5.69 Å². The summed E-state index contributed by atoms with van der Waals surface area (Å²) in [5.74, 6) is 1.69. The predicted octanol–water partition coefficient (Wildman–Crippen LogP) is 7.70. The average molecular weight is 605 g/mol. The summed E-state index contributed by atoms with van der Waals surface area (Å²) in [6.45, 7) is 4.06. The van der Waals surface area contributed by atoms with Crippen LogP contribution in [0.25, 0.3) is 11.8 Å². The van der Waals surface area contributed by atoms with Gasteiger partial charge in [-0.15, -0.1) is 0 Å². The first-order chi connectivity index (χ1) is 19.6. The number of halogens is 2. The average Bonchev–Trinajstić information content (AvgIpc) is 3.20. The molecule has 5 aliphatic rings. The number of carbonyl (C=O) groups excluding carboxylic acids is 2. The predicted molar refractivity (Wildman–Crippen MR) is 168 cm³/mol. The molecule has 0 spiro atoms. The first-order valence-electron chi connectivity index (χ1n) is 14.3. The highest BCUT2D eigenvalue weighted by Gasteiger charge is 2.51. The van der Waals surface area contributed by atoms with Gasteiger partial charge in [-0.05, 0) is 141 Å². The van der Waals surface area contributed by atoms with Crippen LogP contribution in [0.15, 0.2) is 54.1 Å². The molecule has 8 heteroatoms. The summed E-state index contributed by atoms with van der Waals surface area (Å²) in [6, 6.07) is 15.9. The molecule has 1 N–H and O–H groups in total. The van der Waals surface area contributed by atoms with Gasteiger partial charge in [-0.1, -0.05) is 35.3 Å². The summed E-state index contributed by atoms with van der Waals surface area (Å²) in [4.78, 5) is 27.7. The molecule has 1 aliphatic heterocycles. The van der Waals surface area contributed by atoms with E-state index in [1.165, 1.54) is 49.0 Å². The van der Waals surface area contributed by atoms with Crippen molar-refractivity contribution in [2.75, 3.05) is 4.90 Å². The Morgan fingerprint density at radius 3 is 2.10 bits per heavy atom. The van der Waals surface area contributed by atoms with Gasteiger partial charge >= 0.3 is 0 Å². The Morgan fingerprint density at radius 2 is 1.49 bits per heavy atom. The summed E-state index contributed by atoms with van der Waals surface area (Å²) in [5.41, 5.74) is 6.15. The fourth-order valence-corrected chi connectivity index (χ4v) is 9.00. The van der Waals surface area contributed by atoms with Crippen LogP contribution < -0.4 is 10.2 Å².